The summed E-state index contributed by atoms with van der Waals surface area (Å²) in [6.45, 7) is 0.791. The van der Waals surface area contributed by atoms with Crippen molar-refractivity contribution in [3.63, 3.8) is 0 Å². The Morgan fingerprint density at radius 2 is 1.94 bits per heavy atom. The molecule has 1 amide bonds. The van der Waals surface area contributed by atoms with Crippen molar-refractivity contribution < 1.29 is 9.18 Å². The van der Waals surface area contributed by atoms with Crippen LogP contribution in [0.3, 0.4) is 0 Å². The third-order valence-corrected chi connectivity index (χ3v) is 3.89. The van der Waals surface area contributed by atoms with Crippen molar-refractivity contribution >= 4 is 5.91 Å². The molecule has 1 saturated carbocycles. The van der Waals surface area contributed by atoms with Crippen LogP contribution in [-0.2, 0) is 4.79 Å². The molecule has 2 atom stereocenters. The first-order valence-corrected chi connectivity index (χ1v) is 6.37. The molecule has 0 aromatic rings. The largest absolute Gasteiger partial charge is 0.338 e. The van der Waals surface area contributed by atoms with Crippen LogP contribution in [0, 0.1) is 5.92 Å². The van der Waals surface area contributed by atoms with Crippen molar-refractivity contribution in [2.45, 2.75) is 50.7 Å². The van der Waals surface area contributed by atoms with Gasteiger partial charge in [0.15, 0.2) is 0 Å². The topological polar surface area (TPSA) is 46.3 Å². The fourth-order valence-corrected chi connectivity index (χ4v) is 2.82. The van der Waals surface area contributed by atoms with Gasteiger partial charge in [0.1, 0.15) is 6.17 Å². The first kappa shape index (κ1) is 11.8. The number of amides is 1. The van der Waals surface area contributed by atoms with Crippen molar-refractivity contribution in [2.75, 3.05) is 13.1 Å². The molecular weight excluding hydrogens is 207 g/mol. The zero-order chi connectivity index (χ0) is 11.5. The Kier molecular flexibility index (Phi) is 3.79. The van der Waals surface area contributed by atoms with Crippen LogP contribution >= 0.6 is 0 Å². The van der Waals surface area contributed by atoms with Gasteiger partial charge in [-0.3, -0.25) is 4.79 Å². The van der Waals surface area contributed by atoms with Gasteiger partial charge in [0.2, 0.25) is 5.91 Å². The monoisotopic (exact) mass is 228 g/mol. The molecule has 2 N–H and O–H groups in total. The quantitative estimate of drug-likeness (QED) is 0.778. The minimum absolute atomic E-state index is 0.0351. The number of hydrogen-bond acceptors (Lipinski definition) is 2. The van der Waals surface area contributed by atoms with E-state index in [1.165, 1.54) is 19.3 Å². The molecule has 1 unspecified atom stereocenters. The normalized spacial score (nSPS) is 29.4. The van der Waals surface area contributed by atoms with E-state index in [4.69, 9.17) is 5.73 Å². The second-order valence-electron chi connectivity index (χ2n) is 5.09. The van der Waals surface area contributed by atoms with Crippen LogP contribution in [0.4, 0.5) is 4.39 Å². The Morgan fingerprint density at radius 1 is 1.25 bits per heavy atom. The van der Waals surface area contributed by atoms with Gasteiger partial charge in [0, 0.05) is 6.54 Å². The Balaban J connectivity index is 1.88. The maximum absolute atomic E-state index is 13.0. The lowest BCUT2D eigenvalue weighted by atomic mass is 9.84. The molecule has 2 rings (SSSR count). The predicted molar refractivity (Wildman–Crippen MR) is 60.6 cm³/mol. The molecule has 1 aliphatic carbocycles. The molecule has 0 radical (unpaired) electrons. The molecule has 1 heterocycles. The predicted octanol–water partition coefficient (Wildman–Crippen LogP) is 1.46. The highest BCUT2D eigenvalue weighted by Crippen LogP contribution is 2.27. The molecular formula is C12H21FN2O. The fraction of sp³-hybridized carbons (Fsp3) is 0.917. The van der Waals surface area contributed by atoms with Gasteiger partial charge in [-0.2, -0.15) is 0 Å². The number of carbonyl (C=O) groups excluding carboxylic acids is 1. The minimum atomic E-state index is -0.845. The molecule has 0 bridgehead atoms. The average molecular weight is 228 g/mol. The second-order valence-corrected chi connectivity index (χ2v) is 5.09. The molecule has 1 aliphatic heterocycles. The number of hydrogen-bond donors (Lipinski definition) is 1. The van der Waals surface area contributed by atoms with E-state index < -0.39 is 12.2 Å². The maximum Gasteiger partial charge on any atom is 0.239 e. The summed E-state index contributed by atoms with van der Waals surface area (Å²) in [5.41, 5.74) is 6.00. The van der Waals surface area contributed by atoms with Crippen molar-refractivity contribution in [1.29, 1.82) is 0 Å². The lowest BCUT2D eigenvalue weighted by Gasteiger charge is -2.29. The first-order chi connectivity index (χ1) is 7.68. The smallest absolute Gasteiger partial charge is 0.239 e. The van der Waals surface area contributed by atoms with Gasteiger partial charge in [-0.15, -0.1) is 0 Å². The van der Waals surface area contributed by atoms with Gasteiger partial charge in [-0.05, 0) is 25.2 Å². The summed E-state index contributed by atoms with van der Waals surface area (Å²) in [4.78, 5) is 13.6. The number of rotatable bonds is 2. The summed E-state index contributed by atoms with van der Waals surface area (Å²) in [5.74, 6) is 0.284. The summed E-state index contributed by atoms with van der Waals surface area (Å²) < 4.78 is 13.0. The molecule has 3 nitrogen and oxygen atoms in total. The van der Waals surface area contributed by atoms with Crippen molar-refractivity contribution in [2.24, 2.45) is 11.7 Å². The highest BCUT2D eigenvalue weighted by atomic mass is 19.1. The van der Waals surface area contributed by atoms with E-state index in [2.05, 4.69) is 0 Å². The van der Waals surface area contributed by atoms with Crippen molar-refractivity contribution in [3.8, 4) is 0 Å². The first-order valence-electron chi connectivity index (χ1n) is 6.37. The van der Waals surface area contributed by atoms with E-state index in [1.807, 2.05) is 0 Å². The molecule has 92 valence electrons. The lowest BCUT2D eigenvalue weighted by molar-refractivity contribution is -0.133. The van der Waals surface area contributed by atoms with E-state index in [-0.39, 0.29) is 12.5 Å². The van der Waals surface area contributed by atoms with Crippen LogP contribution in [0.15, 0.2) is 0 Å². The zero-order valence-electron chi connectivity index (χ0n) is 9.70. The van der Waals surface area contributed by atoms with Gasteiger partial charge in [-0.25, -0.2) is 4.39 Å². The van der Waals surface area contributed by atoms with Gasteiger partial charge >= 0.3 is 0 Å². The number of likely N-dealkylation sites (tertiary alicyclic amines) is 1. The van der Waals surface area contributed by atoms with Crippen LogP contribution in [0.5, 0.6) is 0 Å². The highest BCUT2D eigenvalue weighted by Gasteiger charge is 2.33. The number of halogens is 1. The van der Waals surface area contributed by atoms with E-state index in [0.29, 0.717) is 18.9 Å². The number of alkyl halides is 1. The fourth-order valence-electron chi connectivity index (χ4n) is 2.82. The third kappa shape index (κ3) is 2.54. The average Bonchev–Trinajstić information content (AvgIpc) is 2.75. The molecule has 0 aromatic heterocycles. The summed E-state index contributed by atoms with van der Waals surface area (Å²) in [5, 5.41) is 0. The summed E-state index contributed by atoms with van der Waals surface area (Å²) in [6.07, 6.45) is 5.35. The Morgan fingerprint density at radius 3 is 2.50 bits per heavy atom. The van der Waals surface area contributed by atoms with Gasteiger partial charge in [-0.1, -0.05) is 19.3 Å². The van der Waals surface area contributed by atoms with E-state index >= 15 is 0 Å². The molecule has 0 aromatic carbocycles. The van der Waals surface area contributed by atoms with Crippen LogP contribution in [0.1, 0.15) is 38.5 Å². The number of carbonyl (C=O) groups is 1. The molecule has 1 saturated heterocycles. The maximum atomic E-state index is 13.0. The van der Waals surface area contributed by atoms with E-state index in [1.54, 1.807) is 4.90 Å². The second kappa shape index (κ2) is 5.13. The number of nitrogens with two attached hydrogens (primary N) is 1. The third-order valence-electron chi connectivity index (χ3n) is 3.89. The van der Waals surface area contributed by atoms with Crippen LogP contribution in [0.25, 0.3) is 0 Å². The van der Waals surface area contributed by atoms with Crippen molar-refractivity contribution in [1.82, 2.24) is 4.90 Å². The Bertz CT molecular complexity index is 253. The molecule has 0 spiro atoms. The van der Waals surface area contributed by atoms with Gasteiger partial charge in [0.25, 0.3) is 0 Å². The van der Waals surface area contributed by atoms with Gasteiger partial charge in [0.05, 0.1) is 12.6 Å². The van der Waals surface area contributed by atoms with Crippen molar-refractivity contribution in [3.05, 3.63) is 0 Å². The van der Waals surface area contributed by atoms with Crippen LogP contribution < -0.4 is 5.73 Å². The minimum Gasteiger partial charge on any atom is -0.338 e. The van der Waals surface area contributed by atoms with Crippen LogP contribution in [-0.4, -0.2) is 36.1 Å². The highest BCUT2D eigenvalue weighted by molar-refractivity contribution is 5.82. The molecule has 2 aliphatic rings. The number of nitrogens with zero attached hydrogens (tertiary/aromatic N) is 1. The Hall–Kier alpha value is -0.640. The lowest BCUT2D eigenvalue weighted by Crippen LogP contribution is -2.47. The summed E-state index contributed by atoms with van der Waals surface area (Å²) in [7, 11) is 0. The van der Waals surface area contributed by atoms with Gasteiger partial charge < -0.3 is 10.6 Å². The van der Waals surface area contributed by atoms with Crippen LogP contribution in [0.2, 0.25) is 0 Å². The molecule has 4 heteroatoms. The zero-order valence-corrected chi connectivity index (χ0v) is 9.70. The van der Waals surface area contributed by atoms with E-state index in [9.17, 15) is 9.18 Å². The van der Waals surface area contributed by atoms with E-state index in [0.717, 1.165) is 12.8 Å². The standard InChI is InChI=1S/C12H21FN2O/c13-10-6-7-15(8-10)12(16)11(14)9-4-2-1-3-5-9/h9-11H,1-8,14H2/t10-,11?/m1/s1. The SMILES string of the molecule is NC(C(=O)N1CC[C@@H](F)C1)C1CCCCC1. The summed E-state index contributed by atoms with van der Waals surface area (Å²) in [6, 6.07) is -0.398. The molecule has 2 fully saturated rings. The Labute approximate surface area is 96.2 Å². The summed E-state index contributed by atoms with van der Waals surface area (Å²) >= 11 is 0. The molecule has 16 heavy (non-hydrogen) atoms.